The van der Waals surface area contributed by atoms with Gasteiger partial charge in [0.2, 0.25) is 0 Å². The van der Waals surface area contributed by atoms with Gasteiger partial charge in [-0.05, 0) is 68.5 Å². The van der Waals surface area contributed by atoms with E-state index in [1.165, 1.54) is 27.8 Å². The summed E-state index contributed by atoms with van der Waals surface area (Å²) in [4.78, 5) is 0. The van der Waals surface area contributed by atoms with E-state index in [0.717, 1.165) is 17.1 Å². The molecular weight excluding hydrogens is 234 g/mol. The first kappa shape index (κ1) is 13.5. The standard InChI is InChI=1S/C16H21N3/c1-9-7-11(3)14(8-10(9)2)15-12(4)13(5)16(17-6)19-18-15/h7-8H,1-6H3,(H,17,19). The molecule has 3 nitrogen and oxygen atoms in total. The van der Waals surface area contributed by atoms with Crippen LogP contribution in [0.5, 0.6) is 0 Å². The Labute approximate surface area is 115 Å². The van der Waals surface area contributed by atoms with Crippen molar-refractivity contribution in [2.45, 2.75) is 34.6 Å². The van der Waals surface area contributed by atoms with Crippen molar-refractivity contribution in [2.24, 2.45) is 0 Å². The van der Waals surface area contributed by atoms with E-state index in [1.54, 1.807) is 0 Å². The highest BCUT2D eigenvalue weighted by atomic mass is 15.2. The molecule has 2 rings (SSSR count). The number of nitrogens with one attached hydrogen (secondary N) is 1. The van der Waals surface area contributed by atoms with Crippen molar-refractivity contribution in [3.8, 4) is 11.3 Å². The molecule has 19 heavy (non-hydrogen) atoms. The largest absolute Gasteiger partial charge is 0.371 e. The molecule has 0 fully saturated rings. The Morgan fingerprint density at radius 3 is 2.05 bits per heavy atom. The molecule has 0 aliphatic carbocycles. The highest BCUT2D eigenvalue weighted by Crippen LogP contribution is 2.29. The van der Waals surface area contributed by atoms with Crippen molar-refractivity contribution in [3.63, 3.8) is 0 Å². The van der Waals surface area contributed by atoms with Gasteiger partial charge in [0, 0.05) is 12.6 Å². The average Bonchev–Trinajstić information content (AvgIpc) is 2.37. The van der Waals surface area contributed by atoms with Crippen LogP contribution >= 0.6 is 0 Å². The molecule has 3 heteroatoms. The summed E-state index contributed by atoms with van der Waals surface area (Å²) in [6.07, 6.45) is 0. The number of hydrogen-bond acceptors (Lipinski definition) is 3. The fourth-order valence-electron chi connectivity index (χ4n) is 2.31. The smallest absolute Gasteiger partial charge is 0.151 e. The van der Waals surface area contributed by atoms with Crippen molar-refractivity contribution in [2.75, 3.05) is 12.4 Å². The molecule has 0 radical (unpaired) electrons. The van der Waals surface area contributed by atoms with Crippen LogP contribution in [0.15, 0.2) is 12.1 Å². The number of aryl methyl sites for hydroxylation is 3. The minimum Gasteiger partial charge on any atom is -0.371 e. The summed E-state index contributed by atoms with van der Waals surface area (Å²) in [6, 6.07) is 4.42. The van der Waals surface area contributed by atoms with E-state index in [4.69, 9.17) is 0 Å². The molecule has 1 heterocycles. The summed E-state index contributed by atoms with van der Waals surface area (Å²) < 4.78 is 0. The van der Waals surface area contributed by atoms with Crippen molar-refractivity contribution in [1.82, 2.24) is 10.2 Å². The van der Waals surface area contributed by atoms with E-state index < -0.39 is 0 Å². The van der Waals surface area contributed by atoms with Crippen LogP contribution in [0, 0.1) is 34.6 Å². The Balaban J connectivity index is 2.66. The number of benzene rings is 1. The van der Waals surface area contributed by atoms with Crippen molar-refractivity contribution in [1.29, 1.82) is 0 Å². The predicted molar refractivity (Wildman–Crippen MR) is 80.7 cm³/mol. The molecule has 0 saturated carbocycles. The number of aromatic nitrogens is 2. The van der Waals surface area contributed by atoms with Gasteiger partial charge < -0.3 is 5.32 Å². The molecule has 0 aliphatic heterocycles. The number of rotatable bonds is 2. The molecule has 100 valence electrons. The SMILES string of the molecule is CNc1nnc(-c2cc(C)c(C)cc2C)c(C)c1C. The van der Waals surface area contributed by atoms with Gasteiger partial charge in [0.05, 0.1) is 5.69 Å². The molecule has 1 N–H and O–H groups in total. The second-order valence-electron chi connectivity index (χ2n) is 5.15. The molecule has 0 bridgehead atoms. The van der Waals surface area contributed by atoms with Crippen LogP contribution in [0.4, 0.5) is 5.82 Å². The summed E-state index contributed by atoms with van der Waals surface area (Å²) in [5.74, 6) is 0.850. The molecular formula is C16H21N3. The zero-order valence-corrected chi connectivity index (χ0v) is 12.5. The zero-order chi connectivity index (χ0) is 14.2. The minimum absolute atomic E-state index is 0.850. The Morgan fingerprint density at radius 1 is 0.789 bits per heavy atom. The maximum absolute atomic E-state index is 4.40. The van der Waals surface area contributed by atoms with Crippen LogP contribution in [0.3, 0.4) is 0 Å². The van der Waals surface area contributed by atoms with Gasteiger partial charge in [-0.25, -0.2) is 0 Å². The number of hydrogen-bond donors (Lipinski definition) is 1. The van der Waals surface area contributed by atoms with E-state index in [0.29, 0.717) is 0 Å². The topological polar surface area (TPSA) is 37.8 Å². The van der Waals surface area contributed by atoms with E-state index in [-0.39, 0.29) is 0 Å². The van der Waals surface area contributed by atoms with E-state index in [2.05, 4.69) is 62.3 Å². The van der Waals surface area contributed by atoms with Crippen LogP contribution in [0.1, 0.15) is 27.8 Å². The maximum atomic E-state index is 4.40. The van der Waals surface area contributed by atoms with Gasteiger partial charge in [-0.2, -0.15) is 0 Å². The number of anilines is 1. The number of nitrogens with zero attached hydrogens (tertiary/aromatic N) is 2. The third kappa shape index (κ3) is 2.33. The summed E-state index contributed by atoms with van der Waals surface area (Å²) in [7, 11) is 1.87. The molecule has 1 aromatic heterocycles. The molecule has 0 amide bonds. The Morgan fingerprint density at radius 2 is 1.42 bits per heavy atom. The summed E-state index contributed by atoms with van der Waals surface area (Å²) in [5, 5.41) is 11.7. The Hall–Kier alpha value is -1.90. The third-order valence-corrected chi connectivity index (χ3v) is 3.86. The van der Waals surface area contributed by atoms with Gasteiger partial charge in [0.15, 0.2) is 5.82 Å². The molecule has 0 aliphatic rings. The Kier molecular flexibility index (Phi) is 3.56. The fraction of sp³-hybridized carbons (Fsp3) is 0.375. The fourth-order valence-corrected chi connectivity index (χ4v) is 2.31. The van der Waals surface area contributed by atoms with E-state index in [1.807, 2.05) is 7.05 Å². The zero-order valence-electron chi connectivity index (χ0n) is 12.5. The first-order chi connectivity index (χ1) is 8.95. The van der Waals surface area contributed by atoms with Gasteiger partial charge in [0.1, 0.15) is 0 Å². The first-order valence-corrected chi connectivity index (χ1v) is 6.55. The minimum atomic E-state index is 0.850. The van der Waals surface area contributed by atoms with Crippen molar-refractivity contribution in [3.05, 3.63) is 39.9 Å². The second kappa shape index (κ2) is 5.00. The van der Waals surface area contributed by atoms with Gasteiger partial charge in [-0.15, -0.1) is 10.2 Å². The second-order valence-corrected chi connectivity index (χ2v) is 5.15. The van der Waals surface area contributed by atoms with Crippen molar-refractivity contribution >= 4 is 5.82 Å². The van der Waals surface area contributed by atoms with Gasteiger partial charge in [-0.3, -0.25) is 0 Å². The van der Waals surface area contributed by atoms with Gasteiger partial charge in [0.25, 0.3) is 0 Å². The van der Waals surface area contributed by atoms with Crippen LogP contribution in [-0.4, -0.2) is 17.2 Å². The lowest BCUT2D eigenvalue weighted by atomic mass is 9.95. The molecule has 0 unspecified atom stereocenters. The summed E-state index contributed by atoms with van der Waals surface area (Å²) >= 11 is 0. The molecule has 0 saturated heterocycles. The molecule has 2 aromatic rings. The van der Waals surface area contributed by atoms with Gasteiger partial charge >= 0.3 is 0 Å². The third-order valence-electron chi connectivity index (χ3n) is 3.86. The quantitative estimate of drug-likeness (QED) is 0.888. The maximum Gasteiger partial charge on any atom is 0.151 e. The van der Waals surface area contributed by atoms with E-state index >= 15 is 0 Å². The van der Waals surface area contributed by atoms with Crippen LogP contribution in [-0.2, 0) is 0 Å². The van der Waals surface area contributed by atoms with Crippen LogP contribution in [0.25, 0.3) is 11.3 Å². The summed E-state index contributed by atoms with van der Waals surface area (Å²) in [6.45, 7) is 10.6. The summed E-state index contributed by atoms with van der Waals surface area (Å²) in [5.41, 5.74) is 8.36. The lowest BCUT2D eigenvalue weighted by Gasteiger charge is -2.14. The monoisotopic (exact) mass is 255 g/mol. The molecule has 0 atom stereocenters. The lowest BCUT2D eigenvalue weighted by Crippen LogP contribution is -2.03. The van der Waals surface area contributed by atoms with Crippen molar-refractivity contribution < 1.29 is 0 Å². The lowest BCUT2D eigenvalue weighted by molar-refractivity contribution is 1.00. The molecule has 1 aromatic carbocycles. The predicted octanol–water partition coefficient (Wildman–Crippen LogP) is 3.73. The highest BCUT2D eigenvalue weighted by Gasteiger charge is 2.13. The highest BCUT2D eigenvalue weighted by molar-refractivity contribution is 5.70. The Bertz CT molecular complexity index is 630. The van der Waals surface area contributed by atoms with Crippen LogP contribution in [0.2, 0.25) is 0 Å². The van der Waals surface area contributed by atoms with E-state index in [9.17, 15) is 0 Å². The average molecular weight is 255 g/mol. The van der Waals surface area contributed by atoms with Crippen LogP contribution < -0.4 is 5.32 Å². The normalized spacial score (nSPS) is 10.6. The van der Waals surface area contributed by atoms with Gasteiger partial charge in [-0.1, -0.05) is 6.07 Å². The first-order valence-electron chi connectivity index (χ1n) is 6.55. The molecule has 0 spiro atoms.